The van der Waals surface area contributed by atoms with Crippen LogP contribution >= 0.6 is 0 Å². The minimum absolute atomic E-state index is 0.00966. The van der Waals surface area contributed by atoms with E-state index in [2.05, 4.69) is 0 Å². The highest BCUT2D eigenvalue weighted by Gasteiger charge is 2.19. The lowest BCUT2D eigenvalue weighted by Gasteiger charge is -2.32. The Hall–Kier alpha value is -2.32. The van der Waals surface area contributed by atoms with Crippen molar-refractivity contribution in [1.82, 2.24) is 4.90 Å². The zero-order chi connectivity index (χ0) is 18.9. The Bertz CT molecular complexity index is 597. The van der Waals surface area contributed by atoms with Crippen molar-refractivity contribution < 1.29 is 15.3 Å². The summed E-state index contributed by atoms with van der Waals surface area (Å²) in [4.78, 5) is 3.72. The number of nitrogens with zero attached hydrogens (tertiary/aromatic N) is 2. The van der Waals surface area contributed by atoms with Crippen molar-refractivity contribution in [3.05, 3.63) is 48.5 Å². The van der Waals surface area contributed by atoms with Crippen molar-refractivity contribution in [3.8, 4) is 0 Å². The maximum absolute atomic E-state index is 10.9. The Morgan fingerprint density at radius 1 is 0.731 bits per heavy atom. The summed E-state index contributed by atoms with van der Waals surface area (Å²) in [5.74, 6) is 0. The normalized spacial score (nSPS) is 12.3. The van der Waals surface area contributed by atoms with Gasteiger partial charge in [-0.2, -0.15) is 0 Å². The molecule has 2 aromatic carbocycles. The molecule has 1 unspecified atom stereocenters. The highest BCUT2D eigenvalue weighted by Crippen LogP contribution is 2.29. The molecular formula is C19H28N4O3. The van der Waals surface area contributed by atoms with Crippen LogP contribution in [0, 0.1) is 0 Å². The number of aliphatic hydroxyl groups is 3. The van der Waals surface area contributed by atoms with Gasteiger partial charge in [-0.25, -0.2) is 0 Å². The van der Waals surface area contributed by atoms with Gasteiger partial charge in [-0.05, 0) is 48.5 Å². The van der Waals surface area contributed by atoms with Crippen molar-refractivity contribution >= 4 is 22.7 Å². The Morgan fingerprint density at radius 3 is 1.54 bits per heavy atom. The number of hydrogen-bond donors (Lipinski definition) is 5. The molecule has 0 aliphatic rings. The molecule has 0 spiro atoms. The minimum Gasteiger partial charge on any atom is -0.399 e. The van der Waals surface area contributed by atoms with Crippen LogP contribution in [0.2, 0.25) is 0 Å². The van der Waals surface area contributed by atoms with E-state index in [0.29, 0.717) is 37.4 Å². The second-order valence-electron chi connectivity index (χ2n) is 6.11. The lowest BCUT2D eigenvalue weighted by Crippen LogP contribution is -2.37. The molecule has 7 N–H and O–H groups in total. The van der Waals surface area contributed by atoms with E-state index in [9.17, 15) is 5.11 Å². The van der Waals surface area contributed by atoms with Gasteiger partial charge in [-0.3, -0.25) is 4.90 Å². The summed E-state index contributed by atoms with van der Waals surface area (Å²) in [5, 5.41) is 29.1. The SMILES string of the molecule is Nc1ccc(N(c2ccc(N)cc2)C(O)CCN(CCO)CCO)cc1. The molecule has 0 aliphatic carbocycles. The third kappa shape index (κ3) is 5.60. The molecule has 2 rings (SSSR count). The number of anilines is 4. The largest absolute Gasteiger partial charge is 0.399 e. The average molecular weight is 360 g/mol. The molecular weight excluding hydrogens is 332 g/mol. The van der Waals surface area contributed by atoms with E-state index in [0.717, 1.165) is 11.4 Å². The maximum Gasteiger partial charge on any atom is 0.132 e. The smallest absolute Gasteiger partial charge is 0.132 e. The van der Waals surface area contributed by atoms with Crippen molar-refractivity contribution in [1.29, 1.82) is 0 Å². The second kappa shape index (κ2) is 9.98. The van der Waals surface area contributed by atoms with Crippen LogP contribution in [0.4, 0.5) is 22.7 Å². The summed E-state index contributed by atoms with van der Waals surface area (Å²) in [5.41, 5.74) is 14.5. The van der Waals surface area contributed by atoms with E-state index in [4.69, 9.17) is 21.7 Å². The molecule has 0 heterocycles. The molecule has 0 saturated heterocycles. The lowest BCUT2D eigenvalue weighted by molar-refractivity contribution is 0.120. The first kappa shape index (κ1) is 20.0. The van der Waals surface area contributed by atoms with E-state index in [1.807, 2.05) is 34.1 Å². The highest BCUT2D eigenvalue weighted by molar-refractivity contribution is 5.66. The average Bonchev–Trinajstić information content (AvgIpc) is 2.63. The summed E-state index contributed by atoms with van der Waals surface area (Å²) >= 11 is 0. The zero-order valence-corrected chi connectivity index (χ0v) is 14.8. The molecule has 0 aromatic heterocycles. The third-order valence-electron chi connectivity index (χ3n) is 4.18. The predicted octanol–water partition coefficient (Wildman–Crippen LogP) is 0.984. The van der Waals surface area contributed by atoms with Gasteiger partial charge >= 0.3 is 0 Å². The first-order valence-corrected chi connectivity index (χ1v) is 8.67. The van der Waals surface area contributed by atoms with Gasteiger partial charge in [-0.15, -0.1) is 0 Å². The first-order chi connectivity index (χ1) is 12.5. The van der Waals surface area contributed by atoms with Gasteiger partial charge in [0.05, 0.1) is 13.2 Å². The molecule has 0 amide bonds. The predicted molar refractivity (Wildman–Crippen MR) is 105 cm³/mol. The number of benzene rings is 2. The van der Waals surface area contributed by atoms with Crippen LogP contribution in [0.3, 0.4) is 0 Å². The van der Waals surface area contributed by atoms with Crippen LogP contribution in [-0.4, -0.2) is 59.3 Å². The molecule has 0 saturated carbocycles. The first-order valence-electron chi connectivity index (χ1n) is 8.67. The van der Waals surface area contributed by atoms with Crippen LogP contribution < -0.4 is 16.4 Å². The molecule has 0 radical (unpaired) electrons. The molecule has 26 heavy (non-hydrogen) atoms. The van der Waals surface area contributed by atoms with Crippen molar-refractivity contribution in [2.24, 2.45) is 0 Å². The van der Waals surface area contributed by atoms with Gasteiger partial charge in [0, 0.05) is 48.8 Å². The number of rotatable bonds is 10. The summed E-state index contributed by atoms with van der Waals surface area (Å²) in [6.45, 7) is 1.47. The van der Waals surface area contributed by atoms with Crippen molar-refractivity contribution in [2.45, 2.75) is 12.6 Å². The fourth-order valence-electron chi connectivity index (χ4n) is 2.81. The number of nitrogens with two attached hydrogens (primary N) is 2. The Balaban J connectivity index is 2.19. The summed E-state index contributed by atoms with van der Waals surface area (Å²) in [6.07, 6.45) is -0.350. The molecule has 142 valence electrons. The summed E-state index contributed by atoms with van der Waals surface area (Å²) in [6, 6.07) is 14.6. The van der Waals surface area contributed by atoms with Gasteiger partial charge in [0.25, 0.3) is 0 Å². The Labute approximate surface area is 154 Å². The van der Waals surface area contributed by atoms with Gasteiger partial charge in [0.1, 0.15) is 6.23 Å². The van der Waals surface area contributed by atoms with Gasteiger partial charge in [-0.1, -0.05) is 0 Å². The number of hydrogen-bond acceptors (Lipinski definition) is 7. The monoisotopic (exact) mass is 360 g/mol. The fraction of sp³-hybridized carbons (Fsp3) is 0.368. The lowest BCUT2D eigenvalue weighted by atomic mass is 10.2. The van der Waals surface area contributed by atoms with Crippen molar-refractivity contribution in [2.75, 3.05) is 49.2 Å². The summed E-state index contributed by atoms with van der Waals surface area (Å²) < 4.78 is 0. The van der Waals surface area contributed by atoms with E-state index < -0.39 is 6.23 Å². The van der Waals surface area contributed by atoms with Gasteiger partial charge < -0.3 is 31.7 Å². The number of nitrogen functional groups attached to an aromatic ring is 2. The highest BCUT2D eigenvalue weighted by atomic mass is 16.3. The summed E-state index contributed by atoms with van der Waals surface area (Å²) in [7, 11) is 0. The Kier molecular flexibility index (Phi) is 7.68. The topological polar surface area (TPSA) is 119 Å². The molecule has 0 fully saturated rings. The molecule has 1 atom stereocenters. The quantitative estimate of drug-likeness (QED) is 0.316. The van der Waals surface area contributed by atoms with Gasteiger partial charge in [0.15, 0.2) is 0 Å². The molecule has 7 heteroatoms. The minimum atomic E-state index is -0.790. The Morgan fingerprint density at radius 2 is 1.15 bits per heavy atom. The van der Waals surface area contributed by atoms with E-state index in [-0.39, 0.29) is 13.2 Å². The number of aliphatic hydroxyl groups excluding tert-OH is 3. The molecule has 0 aliphatic heterocycles. The van der Waals surface area contributed by atoms with Crippen molar-refractivity contribution in [3.63, 3.8) is 0 Å². The second-order valence-corrected chi connectivity index (χ2v) is 6.11. The third-order valence-corrected chi connectivity index (χ3v) is 4.18. The standard InChI is InChI=1S/C19H28N4O3/c20-15-1-5-17(6-2-15)23(18-7-3-16(21)4-8-18)19(26)9-10-22(11-13-24)12-14-25/h1-8,19,24-26H,9-14,20-21H2. The van der Waals surface area contributed by atoms with Crippen LogP contribution in [-0.2, 0) is 0 Å². The van der Waals surface area contributed by atoms with E-state index >= 15 is 0 Å². The molecule has 0 bridgehead atoms. The van der Waals surface area contributed by atoms with Crippen LogP contribution in [0.1, 0.15) is 6.42 Å². The zero-order valence-electron chi connectivity index (χ0n) is 14.8. The molecule has 2 aromatic rings. The maximum atomic E-state index is 10.9. The van der Waals surface area contributed by atoms with E-state index in [1.54, 1.807) is 24.3 Å². The fourth-order valence-corrected chi connectivity index (χ4v) is 2.81. The molecule has 7 nitrogen and oxygen atoms in total. The van der Waals surface area contributed by atoms with Gasteiger partial charge in [0.2, 0.25) is 0 Å². The van der Waals surface area contributed by atoms with Crippen LogP contribution in [0.15, 0.2) is 48.5 Å². The van der Waals surface area contributed by atoms with E-state index in [1.165, 1.54) is 0 Å². The van der Waals surface area contributed by atoms with Crippen LogP contribution in [0.25, 0.3) is 0 Å². The van der Waals surface area contributed by atoms with Crippen LogP contribution in [0.5, 0.6) is 0 Å².